The van der Waals surface area contributed by atoms with Crippen LogP contribution in [0.5, 0.6) is 5.75 Å². The molecular formula is C16H23NO4. The van der Waals surface area contributed by atoms with Crippen molar-refractivity contribution in [2.45, 2.75) is 32.7 Å². The number of nitrogens with zero attached hydrogens (tertiary/aromatic N) is 1. The van der Waals surface area contributed by atoms with Crippen molar-refractivity contribution >= 4 is 11.9 Å². The molecule has 1 amide bonds. The van der Waals surface area contributed by atoms with E-state index in [4.69, 9.17) is 4.74 Å². The van der Waals surface area contributed by atoms with Crippen LogP contribution in [-0.4, -0.2) is 43.6 Å². The number of aryl methyl sites for hydroxylation is 1. The molecule has 0 saturated heterocycles. The third-order valence-electron chi connectivity index (χ3n) is 3.23. The largest absolute Gasteiger partial charge is 0.497 e. The maximum atomic E-state index is 12.3. The third-order valence-corrected chi connectivity index (χ3v) is 3.23. The summed E-state index contributed by atoms with van der Waals surface area (Å²) < 4.78 is 9.78. The zero-order chi connectivity index (χ0) is 15.8. The molecule has 0 N–H and O–H groups in total. The minimum atomic E-state index is -0.404. The summed E-state index contributed by atoms with van der Waals surface area (Å²) in [6, 6.07) is 7.58. The molecule has 0 saturated carbocycles. The predicted molar refractivity (Wildman–Crippen MR) is 80.2 cm³/mol. The first-order valence-corrected chi connectivity index (χ1v) is 6.97. The summed E-state index contributed by atoms with van der Waals surface area (Å²) in [6.07, 6.45) is 0.961. The van der Waals surface area contributed by atoms with Gasteiger partial charge in [-0.05, 0) is 38.0 Å². The lowest BCUT2D eigenvalue weighted by Gasteiger charge is -2.25. The van der Waals surface area contributed by atoms with Gasteiger partial charge in [-0.25, -0.2) is 0 Å². The van der Waals surface area contributed by atoms with Crippen LogP contribution in [0.25, 0.3) is 0 Å². The van der Waals surface area contributed by atoms with Crippen LogP contribution in [0, 0.1) is 0 Å². The van der Waals surface area contributed by atoms with Crippen LogP contribution in [0.4, 0.5) is 0 Å². The molecular weight excluding hydrogens is 270 g/mol. The van der Waals surface area contributed by atoms with Crippen LogP contribution >= 0.6 is 0 Å². The summed E-state index contributed by atoms with van der Waals surface area (Å²) in [5.74, 6) is 0.312. The van der Waals surface area contributed by atoms with Crippen LogP contribution in [0.3, 0.4) is 0 Å². The normalized spacial score (nSPS) is 10.3. The number of hydrogen-bond acceptors (Lipinski definition) is 4. The first-order valence-electron chi connectivity index (χ1n) is 6.97. The van der Waals surface area contributed by atoms with E-state index in [-0.39, 0.29) is 18.5 Å². The highest BCUT2D eigenvalue weighted by Crippen LogP contribution is 2.14. The molecule has 0 radical (unpaired) electrons. The molecule has 0 aliphatic heterocycles. The van der Waals surface area contributed by atoms with Crippen molar-refractivity contribution in [1.29, 1.82) is 0 Å². The molecule has 0 unspecified atom stereocenters. The number of rotatable bonds is 7. The second kappa shape index (κ2) is 8.29. The van der Waals surface area contributed by atoms with Crippen molar-refractivity contribution in [3.05, 3.63) is 29.8 Å². The maximum Gasteiger partial charge on any atom is 0.325 e. The van der Waals surface area contributed by atoms with Crippen molar-refractivity contribution in [2.24, 2.45) is 0 Å². The summed E-state index contributed by atoms with van der Waals surface area (Å²) >= 11 is 0. The third kappa shape index (κ3) is 5.45. The van der Waals surface area contributed by atoms with E-state index >= 15 is 0 Å². The second-order valence-electron chi connectivity index (χ2n) is 5.04. The summed E-state index contributed by atoms with van der Waals surface area (Å²) in [4.78, 5) is 25.1. The first-order chi connectivity index (χ1) is 9.97. The van der Waals surface area contributed by atoms with Gasteiger partial charge in [-0.1, -0.05) is 12.1 Å². The Labute approximate surface area is 125 Å². The molecule has 5 nitrogen and oxygen atoms in total. The number of methoxy groups -OCH3 is 2. The lowest BCUT2D eigenvalue weighted by Crippen LogP contribution is -2.41. The molecule has 1 aromatic carbocycles. The molecule has 0 aromatic heterocycles. The van der Waals surface area contributed by atoms with Gasteiger partial charge in [0, 0.05) is 12.5 Å². The van der Waals surface area contributed by atoms with Gasteiger partial charge in [0.15, 0.2) is 0 Å². The Bertz CT molecular complexity index is 485. The number of benzene rings is 1. The van der Waals surface area contributed by atoms with E-state index in [0.717, 1.165) is 11.3 Å². The number of esters is 1. The molecule has 1 rings (SSSR count). The van der Waals surface area contributed by atoms with Gasteiger partial charge in [0.2, 0.25) is 5.91 Å². The Hall–Kier alpha value is -2.04. The van der Waals surface area contributed by atoms with E-state index in [1.165, 1.54) is 12.0 Å². The highest BCUT2D eigenvalue weighted by atomic mass is 16.5. The van der Waals surface area contributed by atoms with Gasteiger partial charge in [-0.15, -0.1) is 0 Å². The first kappa shape index (κ1) is 17.0. The molecule has 21 heavy (non-hydrogen) atoms. The average molecular weight is 293 g/mol. The average Bonchev–Trinajstić information content (AvgIpc) is 2.49. The highest BCUT2D eigenvalue weighted by Gasteiger charge is 2.20. The van der Waals surface area contributed by atoms with Gasteiger partial charge in [0.05, 0.1) is 14.2 Å². The van der Waals surface area contributed by atoms with Gasteiger partial charge in [0.1, 0.15) is 12.3 Å². The Morgan fingerprint density at radius 1 is 1.24 bits per heavy atom. The Kier molecular flexibility index (Phi) is 6.72. The maximum absolute atomic E-state index is 12.3. The molecule has 0 aliphatic rings. The quantitative estimate of drug-likeness (QED) is 0.722. The monoisotopic (exact) mass is 293 g/mol. The van der Waals surface area contributed by atoms with Crippen molar-refractivity contribution in [1.82, 2.24) is 4.90 Å². The standard InChI is InChI=1S/C16H23NO4/c1-12(2)17(11-16(19)21-4)15(18)9-8-13-6-5-7-14(10-13)20-3/h5-7,10,12H,8-9,11H2,1-4H3. The molecule has 0 spiro atoms. The minimum Gasteiger partial charge on any atom is -0.497 e. The minimum absolute atomic E-state index is 0.00882. The van der Waals surface area contributed by atoms with Gasteiger partial charge < -0.3 is 14.4 Å². The number of amides is 1. The van der Waals surface area contributed by atoms with E-state index in [1.54, 1.807) is 7.11 Å². The zero-order valence-corrected chi connectivity index (χ0v) is 13.1. The van der Waals surface area contributed by atoms with Gasteiger partial charge in [-0.2, -0.15) is 0 Å². The van der Waals surface area contributed by atoms with Crippen molar-refractivity contribution in [2.75, 3.05) is 20.8 Å². The molecule has 0 atom stereocenters. The Balaban J connectivity index is 2.62. The lowest BCUT2D eigenvalue weighted by molar-refractivity contribution is -0.148. The van der Waals surface area contributed by atoms with E-state index < -0.39 is 5.97 Å². The fourth-order valence-electron chi connectivity index (χ4n) is 1.99. The predicted octanol–water partition coefficient (Wildman–Crippen LogP) is 2.04. The van der Waals surface area contributed by atoms with Crippen LogP contribution in [0.1, 0.15) is 25.8 Å². The van der Waals surface area contributed by atoms with Gasteiger partial charge in [0.25, 0.3) is 0 Å². The molecule has 0 fully saturated rings. The summed E-state index contributed by atoms with van der Waals surface area (Å²) in [5, 5.41) is 0. The number of carbonyl (C=O) groups is 2. The molecule has 0 aliphatic carbocycles. The smallest absolute Gasteiger partial charge is 0.325 e. The number of carbonyl (C=O) groups excluding carboxylic acids is 2. The Morgan fingerprint density at radius 2 is 1.95 bits per heavy atom. The zero-order valence-electron chi connectivity index (χ0n) is 13.1. The lowest BCUT2D eigenvalue weighted by atomic mass is 10.1. The van der Waals surface area contributed by atoms with Crippen LogP contribution in [0.15, 0.2) is 24.3 Å². The summed E-state index contributed by atoms with van der Waals surface area (Å²) in [6.45, 7) is 3.75. The van der Waals surface area contributed by atoms with Crippen molar-refractivity contribution in [3.8, 4) is 5.75 Å². The topological polar surface area (TPSA) is 55.8 Å². The van der Waals surface area contributed by atoms with E-state index in [9.17, 15) is 9.59 Å². The fraction of sp³-hybridized carbons (Fsp3) is 0.500. The Morgan fingerprint density at radius 3 is 2.52 bits per heavy atom. The van der Waals surface area contributed by atoms with Crippen molar-refractivity contribution < 1.29 is 19.1 Å². The van der Waals surface area contributed by atoms with Crippen LogP contribution in [-0.2, 0) is 20.7 Å². The number of ether oxygens (including phenoxy) is 2. The molecule has 116 valence electrons. The molecule has 1 aromatic rings. The van der Waals surface area contributed by atoms with E-state index in [1.807, 2.05) is 38.1 Å². The van der Waals surface area contributed by atoms with E-state index in [0.29, 0.717) is 12.8 Å². The fourth-order valence-corrected chi connectivity index (χ4v) is 1.99. The second-order valence-corrected chi connectivity index (χ2v) is 5.04. The molecule has 0 heterocycles. The van der Waals surface area contributed by atoms with Crippen LogP contribution < -0.4 is 4.74 Å². The summed E-state index contributed by atoms with van der Waals surface area (Å²) in [7, 11) is 2.93. The van der Waals surface area contributed by atoms with Gasteiger partial charge in [-0.3, -0.25) is 9.59 Å². The SMILES string of the molecule is COC(=O)CN(C(=O)CCc1cccc(OC)c1)C(C)C. The highest BCUT2D eigenvalue weighted by molar-refractivity contribution is 5.82. The molecule has 0 bridgehead atoms. The van der Waals surface area contributed by atoms with Crippen LogP contribution in [0.2, 0.25) is 0 Å². The van der Waals surface area contributed by atoms with Crippen molar-refractivity contribution in [3.63, 3.8) is 0 Å². The molecule has 5 heteroatoms. The summed E-state index contributed by atoms with van der Waals surface area (Å²) in [5.41, 5.74) is 1.03. The van der Waals surface area contributed by atoms with Gasteiger partial charge >= 0.3 is 5.97 Å². The number of hydrogen-bond donors (Lipinski definition) is 0. The van der Waals surface area contributed by atoms with E-state index in [2.05, 4.69) is 4.74 Å².